The minimum Gasteiger partial charge on any atom is -0.392 e. The number of nitrogens with two attached hydrogens (primary N) is 1. The molecule has 3 nitrogen and oxygen atoms in total. The number of hydrogen-bond acceptors (Lipinski definition) is 4. The average Bonchev–Trinajstić information content (AvgIpc) is 2.76. The summed E-state index contributed by atoms with van der Waals surface area (Å²) in [5.74, 6) is 0. The van der Waals surface area contributed by atoms with Crippen molar-refractivity contribution in [2.24, 2.45) is 5.73 Å². The molecule has 2 aliphatic heterocycles. The van der Waals surface area contributed by atoms with Gasteiger partial charge >= 0.3 is 0 Å². The Bertz CT molecular complexity index is 303. The van der Waals surface area contributed by atoms with Crippen molar-refractivity contribution >= 4 is 29.0 Å². The van der Waals surface area contributed by atoms with E-state index in [1.807, 2.05) is 11.8 Å². The van der Waals surface area contributed by atoms with Crippen LogP contribution in [0.15, 0.2) is 0 Å². The van der Waals surface area contributed by atoms with Crippen molar-refractivity contribution in [3.05, 3.63) is 0 Å². The zero-order valence-electron chi connectivity index (χ0n) is 11.4. The molecular weight excluding hydrogens is 264 g/mol. The molecule has 0 aromatic heterocycles. The summed E-state index contributed by atoms with van der Waals surface area (Å²) >= 11 is 7.06. The summed E-state index contributed by atoms with van der Waals surface area (Å²) in [5.41, 5.74) is 5.91. The minimum atomic E-state index is 0.0374. The Kier molecular flexibility index (Phi) is 4.92. The number of rotatable bonds is 4. The van der Waals surface area contributed by atoms with Crippen molar-refractivity contribution in [3.8, 4) is 0 Å². The summed E-state index contributed by atoms with van der Waals surface area (Å²) in [6, 6.07) is 0. The Hall–Kier alpha value is 0.160. The first-order valence-electron chi connectivity index (χ1n) is 6.78. The lowest BCUT2D eigenvalue weighted by molar-refractivity contribution is 0.0270. The van der Waals surface area contributed by atoms with Gasteiger partial charge < -0.3 is 15.4 Å². The highest BCUT2D eigenvalue weighted by Crippen LogP contribution is 2.35. The fourth-order valence-electron chi connectivity index (χ4n) is 2.96. The van der Waals surface area contributed by atoms with E-state index in [0.717, 1.165) is 32.5 Å². The lowest BCUT2D eigenvalue weighted by Crippen LogP contribution is -2.50. The summed E-state index contributed by atoms with van der Waals surface area (Å²) < 4.78 is 5.93. The van der Waals surface area contributed by atoms with Crippen LogP contribution < -0.4 is 5.73 Å². The molecule has 0 amide bonds. The monoisotopic (exact) mass is 288 g/mol. The van der Waals surface area contributed by atoms with Gasteiger partial charge in [0.15, 0.2) is 0 Å². The number of nitrogens with zero attached hydrogens (tertiary/aromatic N) is 1. The van der Waals surface area contributed by atoms with E-state index in [1.165, 1.54) is 12.8 Å². The van der Waals surface area contributed by atoms with E-state index in [-0.39, 0.29) is 4.75 Å². The first kappa shape index (κ1) is 14.6. The highest BCUT2D eigenvalue weighted by atomic mass is 32.2. The standard InChI is InChI=1S/C13H24N2OS2/c1-10-3-4-11(16-10)9-15-7-5-13(18-2,6-8-15)12(14)17/h10-11H,3-9H2,1-2H3,(H2,14,17). The summed E-state index contributed by atoms with van der Waals surface area (Å²) in [6.45, 7) is 5.42. The van der Waals surface area contributed by atoms with Gasteiger partial charge in [-0.2, -0.15) is 11.8 Å². The van der Waals surface area contributed by atoms with Gasteiger partial charge in [-0.3, -0.25) is 0 Å². The van der Waals surface area contributed by atoms with E-state index in [9.17, 15) is 0 Å². The first-order chi connectivity index (χ1) is 8.55. The highest BCUT2D eigenvalue weighted by molar-refractivity contribution is 8.02. The van der Waals surface area contributed by atoms with Crippen LogP contribution in [0.3, 0.4) is 0 Å². The second kappa shape index (κ2) is 6.07. The van der Waals surface area contributed by atoms with E-state index in [0.29, 0.717) is 17.2 Å². The van der Waals surface area contributed by atoms with Crippen LogP contribution >= 0.6 is 24.0 Å². The fraction of sp³-hybridized carbons (Fsp3) is 0.923. The van der Waals surface area contributed by atoms with Crippen molar-refractivity contribution in [2.45, 2.75) is 49.6 Å². The van der Waals surface area contributed by atoms with Gasteiger partial charge in [0.2, 0.25) is 0 Å². The maximum absolute atomic E-state index is 5.91. The Morgan fingerprint density at radius 3 is 2.56 bits per heavy atom. The highest BCUT2D eigenvalue weighted by Gasteiger charge is 2.37. The molecule has 0 aromatic carbocycles. The van der Waals surface area contributed by atoms with Crippen LogP contribution in [0.2, 0.25) is 0 Å². The molecule has 2 N–H and O–H groups in total. The molecule has 2 rings (SSSR count). The van der Waals surface area contributed by atoms with E-state index >= 15 is 0 Å². The van der Waals surface area contributed by atoms with Crippen molar-refractivity contribution in [3.63, 3.8) is 0 Å². The van der Waals surface area contributed by atoms with Crippen LogP contribution in [-0.4, -0.2) is 52.7 Å². The summed E-state index contributed by atoms with van der Waals surface area (Å²) in [4.78, 5) is 3.19. The molecule has 0 aromatic rings. The van der Waals surface area contributed by atoms with Gasteiger partial charge in [0.25, 0.3) is 0 Å². The van der Waals surface area contributed by atoms with Gasteiger partial charge in [-0.15, -0.1) is 0 Å². The predicted molar refractivity (Wildman–Crippen MR) is 82.3 cm³/mol. The first-order valence-corrected chi connectivity index (χ1v) is 8.42. The third kappa shape index (κ3) is 3.18. The number of piperidine rings is 1. The second-order valence-electron chi connectivity index (χ2n) is 5.51. The van der Waals surface area contributed by atoms with Crippen LogP contribution in [0.1, 0.15) is 32.6 Å². The maximum Gasteiger partial charge on any atom is 0.0891 e. The zero-order chi connectivity index (χ0) is 13.2. The second-order valence-corrected chi connectivity index (χ2v) is 7.14. The molecule has 18 heavy (non-hydrogen) atoms. The van der Waals surface area contributed by atoms with E-state index in [4.69, 9.17) is 22.7 Å². The minimum absolute atomic E-state index is 0.0374. The lowest BCUT2D eigenvalue weighted by Gasteiger charge is -2.40. The molecular formula is C13H24N2OS2. The van der Waals surface area contributed by atoms with Crippen LogP contribution in [0.25, 0.3) is 0 Å². The molecule has 2 fully saturated rings. The van der Waals surface area contributed by atoms with Gasteiger partial charge in [-0.25, -0.2) is 0 Å². The normalized spacial score (nSPS) is 32.6. The summed E-state index contributed by atoms with van der Waals surface area (Å²) in [6.07, 6.45) is 7.57. The molecule has 104 valence electrons. The van der Waals surface area contributed by atoms with Gasteiger partial charge in [0.05, 0.1) is 21.9 Å². The number of thiocarbonyl (C=S) groups is 1. The van der Waals surface area contributed by atoms with Gasteiger partial charge in [0, 0.05) is 6.54 Å². The largest absolute Gasteiger partial charge is 0.392 e. The Morgan fingerprint density at radius 1 is 1.44 bits per heavy atom. The van der Waals surface area contributed by atoms with E-state index in [2.05, 4.69) is 18.1 Å². The molecule has 2 heterocycles. The molecule has 2 atom stereocenters. The fourth-order valence-corrected chi connectivity index (χ4v) is 4.20. The van der Waals surface area contributed by atoms with Crippen LogP contribution in [0.5, 0.6) is 0 Å². The van der Waals surface area contributed by atoms with Crippen molar-refractivity contribution in [2.75, 3.05) is 25.9 Å². The van der Waals surface area contributed by atoms with Crippen LogP contribution in [0.4, 0.5) is 0 Å². The SMILES string of the molecule is CSC1(C(N)=S)CCN(CC2CCC(C)O2)CC1. The van der Waals surface area contributed by atoms with Crippen molar-refractivity contribution in [1.82, 2.24) is 4.90 Å². The van der Waals surface area contributed by atoms with Crippen LogP contribution in [0, 0.1) is 0 Å². The number of hydrogen-bond donors (Lipinski definition) is 1. The Balaban J connectivity index is 1.81. The Morgan fingerprint density at radius 2 is 2.11 bits per heavy atom. The maximum atomic E-state index is 5.91. The molecule has 0 bridgehead atoms. The number of likely N-dealkylation sites (tertiary alicyclic amines) is 1. The molecule has 2 saturated heterocycles. The molecule has 0 aliphatic carbocycles. The molecule has 2 unspecified atom stereocenters. The van der Waals surface area contributed by atoms with Gasteiger partial charge in [0.1, 0.15) is 0 Å². The summed E-state index contributed by atoms with van der Waals surface area (Å²) in [5, 5.41) is 0. The number of ether oxygens (including phenoxy) is 1. The molecule has 5 heteroatoms. The van der Waals surface area contributed by atoms with E-state index in [1.54, 1.807) is 0 Å². The molecule has 0 spiro atoms. The zero-order valence-corrected chi connectivity index (χ0v) is 13.0. The topological polar surface area (TPSA) is 38.5 Å². The molecule has 0 radical (unpaired) electrons. The molecule has 0 saturated carbocycles. The Labute approximate surface area is 120 Å². The molecule has 2 aliphatic rings. The van der Waals surface area contributed by atoms with Crippen LogP contribution in [-0.2, 0) is 4.74 Å². The predicted octanol–water partition coefficient (Wildman–Crippen LogP) is 2.04. The van der Waals surface area contributed by atoms with Crippen molar-refractivity contribution in [1.29, 1.82) is 0 Å². The third-order valence-corrected chi connectivity index (χ3v) is 6.21. The third-order valence-electron chi connectivity index (χ3n) is 4.29. The summed E-state index contributed by atoms with van der Waals surface area (Å²) in [7, 11) is 0. The average molecular weight is 288 g/mol. The van der Waals surface area contributed by atoms with Crippen molar-refractivity contribution < 1.29 is 4.74 Å². The smallest absolute Gasteiger partial charge is 0.0891 e. The van der Waals surface area contributed by atoms with Gasteiger partial charge in [-0.1, -0.05) is 12.2 Å². The lowest BCUT2D eigenvalue weighted by atomic mass is 9.95. The quantitative estimate of drug-likeness (QED) is 0.802. The van der Waals surface area contributed by atoms with Gasteiger partial charge in [-0.05, 0) is 52.0 Å². The van der Waals surface area contributed by atoms with E-state index < -0.39 is 0 Å². The number of thioether (sulfide) groups is 1.